The standard InChI is InChI=1S/C13H13F3O/c1-8(17)10-6-11(7-10)9-2-4-12(5-3-9)13(14,15)16/h2-5,10-11H,6-7H2,1H3. The number of hydrogen-bond acceptors (Lipinski definition) is 1. The predicted molar refractivity (Wildman–Crippen MR) is 57.6 cm³/mol. The Labute approximate surface area is 97.6 Å². The summed E-state index contributed by atoms with van der Waals surface area (Å²) < 4.78 is 37.0. The summed E-state index contributed by atoms with van der Waals surface area (Å²) in [5, 5.41) is 0. The third-order valence-electron chi connectivity index (χ3n) is 3.42. The maximum Gasteiger partial charge on any atom is 0.416 e. The van der Waals surface area contributed by atoms with Gasteiger partial charge in [-0.2, -0.15) is 13.2 Å². The van der Waals surface area contributed by atoms with E-state index in [1.54, 1.807) is 6.92 Å². The second kappa shape index (κ2) is 4.17. The van der Waals surface area contributed by atoms with Gasteiger partial charge < -0.3 is 0 Å². The van der Waals surface area contributed by atoms with Crippen LogP contribution in [0.5, 0.6) is 0 Å². The molecule has 0 bridgehead atoms. The molecule has 4 heteroatoms. The molecule has 1 fully saturated rings. The van der Waals surface area contributed by atoms with E-state index in [-0.39, 0.29) is 17.6 Å². The van der Waals surface area contributed by atoms with E-state index in [9.17, 15) is 18.0 Å². The third kappa shape index (κ3) is 2.51. The molecule has 2 rings (SSSR count). The molecule has 0 amide bonds. The van der Waals surface area contributed by atoms with Gasteiger partial charge >= 0.3 is 6.18 Å². The van der Waals surface area contributed by atoms with E-state index in [0.29, 0.717) is 0 Å². The molecule has 0 aromatic heterocycles. The number of carbonyl (C=O) groups is 1. The van der Waals surface area contributed by atoms with Gasteiger partial charge in [-0.25, -0.2) is 0 Å². The van der Waals surface area contributed by atoms with Crippen molar-refractivity contribution in [2.24, 2.45) is 5.92 Å². The van der Waals surface area contributed by atoms with Gasteiger partial charge in [0.05, 0.1) is 5.56 Å². The Bertz CT molecular complexity index is 413. The summed E-state index contributed by atoms with van der Waals surface area (Å²) in [6.07, 6.45) is -2.75. The molecule has 1 aliphatic rings. The van der Waals surface area contributed by atoms with E-state index in [2.05, 4.69) is 0 Å². The van der Waals surface area contributed by atoms with Gasteiger partial charge in [0.25, 0.3) is 0 Å². The molecular formula is C13H13F3O. The van der Waals surface area contributed by atoms with Gasteiger partial charge in [-0.05, 0) is 43.4 Å². The first-order chi connectivity index (χ1) is 7.88. The Kier molecular flexibility index (Phi) is 2.98. The van der Waals surface area contributed by atoms with Crippen molar-refractivity contribution in [2.75, 3.05) is 0 Å². The van der Waals surface area contributed by atoms with Crippen LogP contribution < -0.4 is 0 Å². The van der Waals surface area contributed by atoms with Gasteiger partial charge in [-0.15, -0.1) is 0 Å². The van der Waals surface area contributed by atoms with Gasteiger partial charge in [0.15, 0.2) is 0 Å². The van der Waals surface area contributed by atoms with Crippen LogP contribution in [0.1, 0.15) is 36.8 Å². The normalized spacial score (nSPS) is 24.2. The number of halogens is 3. The summed E-state index contributed by atoms with van der Waals surface area (Å²) in [7, 11) is 0. The lowest BCUT2D eigenvalue weighted by molar-refractivity contribution is -0.137. The maximum atomic E-state index is 12.3. The van der Waals surface area contributed by atoms with Crippen LogP contribution in [0.25, 0.3) is 0 Å². The summed E-state index contributed by atoms with van der Waals surface area (Å²) in [4.78, 5) is 11.0. The fraction of sp³-hybridized carbons (Fsp3) is 0.462. The molecule has 0 atom stereocenters. The summed E-state index contributed by atoms with van der Waals surface area (Å²) in [5.74, 6) is 0.515. The van der Waals surface area contributed by atoms with Crippen molar-refractivity contribution in [3.05, 3.63) is 35.4 Å². The molecule has 1 aromatic rings. The fourth-order valence-electron chi connectivity index (χ4n) is 2.17. The average molecular weight is 242 g/mol. The monoisotopic (exact) mass is 242 g/mol. The molecule has 0 radical (unpaired) electrons. The molecule has 92 valence electrons. The lowest BCUT2D eigenvalue weighted by Gasteiger charge is -2.34. The molecule has 1 nitrogen and oxygen atoms in total. The topological polar surface area (TPSA) is 17.1 Å². The van der Waals surface area contributed by atoms with Crippen LogP contribution in [0.15, 0.2) is 24.3 Å². The van der Waals surface area contributed by atoms with Crippen molar-refractivity contribution >= 4 is 5.78 Å². The third-order valence-corrected chi connectivity index (χ3v) is 3.42. The predicted octanol–water partition coefficient (Wildman–Crippen LogP) is 3.79. The summed E-state index contributed by atoms with van der Waals surface area (Å²) in [5.41, 5.74) is 0.277. The molecule has 0 saturated heterocycles. The highest BCUT2D eigenvalue weighted by molar-refractivity contribution is 5.79. The number of hydrogen-bond donors (Lipinski definition) is 0. The zero-order valence-electron chi connectivity index (χ0n) is 9.42. The Morgan fingerprint density at radius 3 is 2.12 bits per heavy atom. The second-order valence-electron chi connectivity index (χ2n) is 4.60. The number of alkyl halides is 3. The number of ketones is 1. The zero-order chi connectivity index (χ0) is 12.6. The fourth-order valence-corrected chi connectivity index (χ4v) is 2.17. The SMILES string of the molecule is CC(=O)C1CC(c2ccc(C(F)(F)F)cc2)C1. The van der Waals surface area contributed by atoms with Crippen LogP contribution >= 0.6 is 0 Å². The van der Waals surface area contributed by atoms with Gasteiger partial charge in [-0.3, -0.25) is 4.79 Å². The minimum atomic E-state index is -4.28. The van der Waals surface area contributed by atoms with Crippen LogP contribution in [0.4, 0.5) is 13.2 Å². The minimum absolute atomic E-state index is 0.0993. The zero-order valence-corrected chi connectivity index (χ0v) is 9.42. The van der Waals surface area contributed by atoms with Crippen LogP contribution in [0, 0.1) is 5.92 Å². The van der Waals surface area contributed by atoms with E-state index in [0.717, 1.165) is 30.5 Å². The molecule has 0 aliphatic heterocycles. The Hall–Kier alpha value is -1.32. The van der Waals surface area contributed by atoms with E-state index in [1.807, 2.05) is 0 Å². The lowest BCUT2D eigenvalue weighted by atomic mass is 9.70. The molecule has 0 N–H and O–H groups in total. The molecule has 0 unspecified atom stereocenters. The largest absolute Gasteiger partial charge is 0.416 e. The number of benzene rings is 1. The lowest BCUT2D eigenvalue weighted by Crippen LogP contribution is -2.27. The van der Waals surface area contributed by atoms with Crippen molar-refractivity contribution in [1.82, 2.24) is 0 Å². The van der Waals surface area contributed by atoms with Crippen LogP contribution in [0.3, 0.4) is 0 Å². The molecule has 1 aromatic carbocycles. The van der Waals surface area contributed by atoms with Crippen molar-refractivity contribution in [1.29, 1.82) is 0 Å². The Morgan fingerprint density at radius 2 is 1.71 bits per heavy atom. The van der Waals surface area contributed by atoms with E-state index < -0.39 is 11.7 Å². The van der Waals surface area contributed by atoms with Crippen LogP contribution in [-0.4, -0.2) is 5.78 Å². The van der Waals surface area contributed by atoms with Crippen LogP contribution in [0.2, 0.25) is 0 Å². The van der Waals surface area contributed by atoms with Gasteiger partial charge in [0.1, 0.15) is 5.78 Å². The summed E-state index contributed by atoms with van der Waals surface area (Å²) >= 11 is 0. The van der Waals surface area contributed by atoms with Crippen molar-refractivity contribution in [3.8, 4) is 0 Å². The number of rotatable bonds is 2. The highest BCUT2D eigenvalue weighted by Crippen LogP contribution is 2.42. The second-order valence-corrected chi connectivity index (χ2v) is 4.60. The first kappa shape index (κ1) is 12.1. The molecule has 1 aliphatic carbocycles. The van der Waals surface area contributed by atoms with E-state index >= 15 is 0 Å². The molecule has 17 heavy (non-hydrogen) atoms. The Balaban J connectivity index is 2.03. The molecule has 1 saturated carbocycles. The summed E-state index contributed by atoms with van der Waals surface area (Å²) in [6, 6.07) is 5.25. The number of carbonyl (C=O) groups excluding carboxylic acids is 1. The highest BCUT2D eigenvalue weighted by atomic mass is 19.4. The van der Waals surface area contributed by atoms with Crippen molar-refractivity contribution < 1.29 is 18.0 Å². The van der Waals surface area contributed by atoms with Gasteiger partial charge in [0, 0.05) is 5.92 Å². The average Bonchev–Trinajstić information content (AvgIpc) is 2.14. The van der Waals surface area contributed by atoms with Crippen molar-refractivity contribution in [2.45, 2.75) is 31.9 Å². The van der Waals surface area contributed by atoms with Crippen molar-refractivity contribution in [3.63, 3.8) is 0 Å². The van der Waals surface area contributed by atoms with Gasteiger partial charge in [-0.1, -0.05) is 12.1 Å². The summed E-state index contributed by atoms with van der Waals surface area (Å²) in [6.45, 7) is 1.56. The maximum absolute atomic E-state index is 12.3. The molecule has 0 spiro atoms. The highest BCUT2D eigenvalue weighted by Gasteiger charge is 2.34. The van der Waals surface area contributed by atoms with Gasteiger partial charge in [0.2, 0.25) is 0 Å². The minimum Gasteiger partial charge on any atom is -0.300 e. The first-order valence-corrected chi connectivity index (χ1v) is 5.55. The first-order valence-electron chi connectivity index (χ1n) is 5.55. The smallest absolute Gasteiger partial charge is 0.300 e. The Morgan fingerprint density at radius 1 is 1.18 bits per heavy atom. The van der Waals surface area contributed by atoms with Crippen LogP contribution in [-0.2, 0) is 11.0 Å². The quantitative estimate of drug-likeness (QED) is 0.771. The number of Topliss-reactive ketones (excluding diaryl/α,β-unsaturated/α-hetero) is 1. The molecule has 0 heterocycles. The molecular weight excluding hydrogens is 229 g/mol. The van der Waals surface area contributed by atoms with E-state index in [1.165, 1.54) is 12.1 Å². The van der Waals surface area contributed by atoms with E-state index in [4.69, 9.17) is 0 Å².